The second-order valence-corrected chi connectivity index (χ2v) is 6.95. The Morgan fingerprint density at radius 3 is 2.15 bits per heavy atom. The van der Waals surface area contributed by atoms with Gasteiger partial charge in [0, 0.05) is 39.1 Å². The standard InChI is InChI=1S/C22H27FN2O2/c1-27-21-9-4-18(5-10-21)6-11-22(26)25-16-14-24(15-17-25)13-12-19-2-7-20(23)8-3-19/h2-5,7-10H,6,11-17H2,1H3. The van der Waals surface area contributed by atoms with E-state index in [-0.39, 0.29) is 11.7 Å². The third-order valence-electron chi connectivity index (χ3n) is 5.14. The van der Waals surface area contributed by atoms with E-state index >= 15 is 0 Å². The SMILES string of the molecule is COc1ccc(CCC(=O)N2CCN(CCc3ccc(F)cc3)CC2)cc1. The van der Waals surface area contributed by atoms with E-state index in [1.165, 1.54) is 12.1 Å². The molecule has 0 N–H and O–H groups in total. The van der Waals surface area contributed by atoms with Crippen molar-refractivity contribution in [1.29, 1.82) is 0 Å². The number of benzene rings is 2. The smallest absolute Gasteiger partial charge is 0.222 e. The van der Waals surface area contributed by atoms with Crippen molar-refractivity contribution in [1.82, 2.24) is 9.80 Å². The summed E-state index contributed by atoms with van der Waals surface area (Å²) in [7, 11) is 1.65. The lowest BCUT2D eigenvalue weighted by atomic mass is 10.1. The first kappa shape index (κ1) is 19.4. The van der Waals surface area contributed by atoms with Gasteiger partial charge in [-0.15, -0.1) is 0 Å². The molecular formula is C22H27FN2O2. The summed E-state index contributed by atoms with van der Waals surface area (Å²) < 4.78 is 18.1. The highest BCUT2D eigenvalue weighted by molar-refractivity contribution is 5.76. The molecule has 4 nitrogen and oxygen atoms in total. The van der Waals surface area contributed by atoms with Gasteiger partial charge in [-0.1, -0.05) is 24.3 Å². The minimum Gasteiger partial charge on any atom is -0.497 e. The quantitative estimate of drug-likeness (QED) is 0.751. The van der Waals surface area contributed by atoms with Gasteiger partial charge < -0.3 is 9.64 Å². The lowest BCUT2D eigenvalue weighted by Crippen LogP contribution is -2.49. The van der Waals surface area contributed by atoms with Crippen molar-refractivity contribution in [3.8, 4) is 5.75 Å². The van der Waals surface area contributed by atoms with Crippen LogP contribution in [0.4, 0.5) is 4.39 Å². The molecule has 1 saturated heterocycles. The lowest BCUT2D eigenvalue weighted by molar-refractivity contribution is -0.132. The maximum atomic E-state index is 13.0. The van der Waals surface area contributed by atoms with Crippen molar-refractivity contribution in [2.75, 3.05) is 39.8 Å². The van der Waals surface area contributed by atoms with Gasteiger partial charge in [0.15, 0.2) is 0 Å². The molecule has 0 spiro atoms. The molecule has 1 aliphatic heterocycles. The molecule has 1 amide bonds. The van der Waals surface area contributed by atoms with Gasteiger partial charge in [-0.05, 0) is 48.2 Å². The molecule has 0 aliphatic carbocycles. The first-order valence-electron chi connectivity index (χ1n) is 9.51. The fraction of sp³-hybridized carbons (Fsp3) is 0.409. The van der Waals surface area contributed by atoms with E-state index in [1.54, 1.807) is 7.11 Å². The predicted molar refractivity (Wildman–Crippen MR) is 104 cm³/mol. The van der Waals surface area contributed by atoms with Crippen molar-refractivity contribution in [2.45, 2.75) is 19.3 Å². The van der Waals surface area contributed by atoms with E-state index in [4.69, 9.17) is 4.74 Å². The average Bonchev–Trinajstić information content (AvgIpc) is 2.72. The molecule has 0 unspecified atom stereocenters. The summed E-state index contributed by atoms with van der Waals surface area (Å²) in [4.78, 5) is 16.8. The van der Waals surface area contributed by atoms with Crippen LogP contribution in [0.5, 0.6) is 5.75 Å². The minimum atomic E-state index is -0.194. The molecule has 0 aromatic heterocycles. The summed E-state index contributed by atoms with van der Waals surface area (Å²) in [6, 6.07) is 14.6. The molecule has 1 fully saturated rings. The number of halogens is 1. The van der Waals surface area contributed by atoms with Crippen molar-refractivity contribution >= 4 is 5.91 Å². The summed E-state index contributed by atoms with van der Waals surface area (Å²) in [5, 5.41) is 0. The molecule has 144 valence electrons. The van der Waals surface area contributed by atoms with E-state index in [2.05, 4.69) is 4.90 Å². The van der Waals surface area contributed by atoms with Crippen LogP contribution < -0.4 is 4.74 Å². The Balaban J connectivity index is 1.37. The molecule has 1 aliphatic rings. The van der Waals surface area contributed by atoms with Gasteiger partial charge in [-0.2, -0.15) is 0 Å². The van der Waals surface area contributed by atoms with Crippen molar-refractivity contribution in [2.24, 2.45) is 0 Å². The van der Waals surface area contributed by atoms with Crippen LogP contribution in [-0.4, -0.2) is 55.5 Å². The van der Waals surface area contributed by atoms with Gasteiger partial charge in [0.1, 0.15) is 11.6 Å². The first-order valence-corrected chi connectivity index (χ1v) is 9.51. The number of carbonyl (C=O) groups is 1. The topological polar surface area (TPSA) is 32.8 Å². The number of piperazine rings is 1. The molecule has 0 atom stereocenters. The molecule has 0 saturated carbocycles. The van der Waals surface area contributed by atoms with Crippen molar-refractivity contribution in [3.63, 3.8) is 0 Å². The van der Waals surface area contributed by atoms with Crippen LogP contribution in [0.2, 0.25) is 0 Å². The third kappa shape index (κ3) is 5.79. The molecule has 2 aromatic rings. The summed E-state index contributed by atoms with van der Waals surface area (Å²) in [6.45, 7) is 4.31. The molecule has 2 aromatic carbocycles. The number of nitrogens with zero attached hydrogens (tertiary/aromatic N) is 2. The highest BCUT2D eigenvalue weighted by atomic mass is 19.1. The van der Waals surface area contributed by atoms with E-state index < -0.39 is 0 Å². The van der Waals surface area contributed by atoms with Crippen LogP contribution in [0.15, 0.2) is 48.5 Å². The van der Waals surface area contributed by atoms with Crippen LogP contribution in [0.25, 0.3) is 0 Å². The Bertz CT molecular complexity index is 723. The molecular weight excluding hydrogens is 343 g/mol. The van der Waals surface area contributed by atoms with Gasteiger partial charge >= 0.3 is 0 Å². The zero-order valence-electron chi connectivity index (χ0n) is 15.9. The molecule has 0 bridgehead atoms. The first-order chi connectivity index (χ1) is 13.1. The van der Waals surface area contributed by atoms with Gasteiger partial charge in [-0.3, -0.25) is 9.69 Å². The van der Waals surface area contributed by atoms with Crippen LogP contribution in [-0.2, 0) is 17.6 Å². The van der Waals surface area contributed by atoms with Crippen LogP contribution in [0.3, 0.4) is 0 Å². The normalized spacial score (nSPS) is 15.0. The number of hydrogen-bond donors (Lipinski definition) is 0. The number of methoxy groups -OCH3 is 1. The van der Waals surface area contributed by atoms with Gasteiger partial charge in [0.25, 0.3) is 0 Å². The van der Waals surface area contributed by atoms with E-state index in [1.807, 2.05) is 41.3 Å². The number of rotatable bonds is 7. The van der Waals surface area contributed by atoms with Crippen LogP contribution >= 0.6 is 0 Å². The van der Waals surface area contributed by atoms with E-state index in [0.717, 1.165) is 62.4 Å². The number of aryl methyl sites for hydroxylation is 1. The molecule has 3 rings (SSSR count). The second-order valence-electron chi connectivity index (χ2n) is 6.95. The summed E-state index contributed by atoms with van der Waals surface area (Å²) in [5.74, 6) is 0.867. The highest BCUT2D eigenvalue weighted by Crippen LogP contribution is 2.14. The largest absolute Gasteiger partial charge is 0.497 e. The molecule has 1 heterocycles. The lowest BCUT2D eigenvalue weighted by Gasteiger charge is -2.34. The highest BCUT2D eigenvalue weighted by Gasteiger charge is 2.20. The zero-order valence-corrected chi connectivity index (χ0v) is 15.9. The summed E-state index contributed by atoms with van der Waals surface area (Å²) in [6.07, 6.45) is 2.21. The fourth-order valence-electron chi connectivity index (χ4n) is 3.36. The Hall–Kier alpha value is -2.40. The Labute approximate surface area is 160 Å². The van der Waals surface area contributed by atoms with Gasteiger partial charge in [-0.25, -0.2) is 4.39 Å². The van der Waals surface area contributed by atoms with E-state index in [0.29, 0.717) is 6.42 Å². The minimum absolute atomic E-state index is 0.194. The Morgan fingerprint density at radius 2 is 1.52 bits per heavy atom. The third-order valence-corrected chi connectivity index (χ3v) is 5.14. The number of carbonyl (C=O) groups excluding carboxylic acids is 1. The summed E-state index contributed by atoms with van der Waals surface area (Å²) >= 11 is 0. The average molecular weight is 370 g/mol. The fourth-order valence-corrected chi connectivity index (χ4v) is 3.36. The predicted octanol–water partition coefficient (Wildman–Crippen LogP) is 3.15. The van der Waals surface area contributed by atoms with Gasteiger partial charge in [0.05, 0.1) is 7.11 Å². The van der Waals surface area contributed by atoms with Crippen molar-refractivity contribution < 1.29 is 13.9 Å². The van der Waals surface area contributed by atoms with Gasteiger partial charge in [0.2, 0.25) is 5.91 Å². The van der Waals surface area contributed by atoms with Crippen LogP contribution in [0, 0.1) is 5.82 Å². The summed E-state index contributed by atoms with van der Waals surface area (Å²) in [5.41, 5.74) is 2.30. The second kappa shape index (κ2) is 9.51. The maximum Gasteiger partial charge on any atom is 0.222 e. The molecule has 27 heavy (non-hydrogen) atoms. The van der Waals surface area contributed by atoms with Crippen molar-refractivity contribution in [3.05, 3.63) is 65.5 Å². The number of hydrogen-bond acceptors (Lipinski definition) is 3. The molecule has 0 radical (unpaired) electrons. The van der Waals surface area contributed by atoms with Crippen LogP contribution in [0.1, 0.15) is 17.5 Å². The monoisotopic (exact) mass is 370 g/mol. The van der Waals surface area contributed by atoms with E-state index in [9.17, 15) is 9.18 Å². The number of ether oxygens (including phenoxy) is 1. The number of amides is 1. The molecule has 5 heteroatoms. The Morgan fingerprint density at radius 1 is 0.926 bits per heavy atom. The zero-order chi connectivity index (χ0) is 19.1. The maximum absolute atomic E-state index is 13.0. The Kier molecular flexibility index (Phi) is 6.82.